The van der Waals surface area contributed by atoms with Crippen LogP contribution in [0.4, 0.5) is 0 Å². The molecule has 0 aromatic heterocycles. The van der Waals surface area contributed by atoms with E-state index in [-0.39, 0.29) is 24.0 Å². The lowest BCUT2D eigenvalue weighted by atomic mass is 10.4. The topological polar surface area (TPSA) is 70.6 Å². The van der Waals surface area contributed by atoms with Crippen molar-refractivity contribution >= 4 is 39.8 Å². The number of guanidine groups is 1. The number of aliphatic imine (C=N–C) groups is 1. The van der Waals surface area contributed by atoms with E-state index in [4.69, 9.17) is 0 Å². The molecule has 7 heteroatoms. The van der Waals surface area contributed by atoms with Gasteiger partial charge in [0.15, 0.2) is 15.8 Å². The zero-order valence-corrected chi connectivity index (χ0v) is 12.3. The van der Waals surface area contributed by atoms with Crippen molar-refractivity contribution in [3.63, 3.8) is 0 Å². The summed E-state index contributed by atoms with van der Waals surface area (Å²) in [5.74, 6) is 0.625. The molecule has 2 N–H and O–H groups in total. The second-order valence-corrected chi connectivity index (χ2v) is 6.04. The summed E-state index contributed by atoms with van der Waals surface area (Å²) in [7, 11) is 0.448. The molecule has 5 nitrogen and oxygen atoms in total. The van der Waals surface area contributed by atoms with Gasteiger partial charge in [0.2, 0.25) is 0 Å². The molecule has 1 rings (SSSR count). The molecule has 1 aliphatic rings. The van der Waals surface area contributed by atoms with Crippen LogP contribution in [-0.4, -0.2) is 46.0 Å². The summed E-state index contributed by atoms with van der Waals surface area (Å²) in [6, 6.07) is 0. The van der Waals surface area contributed by atoms with Crippen LogP contribution in [0.1, 0.15) is 12.8 Å². The van der Waals surface area contributed by atoms with Crippen LogP contribution in [-0.2, 0) is 9.84 Å². The van der Waals surface area contributed by atoms with Crippen LogP contribution in [0.3, 0.4) is 0 Å². The van der Waals surface area contributed by atoms with Crippen LogP contribution in [0.5, 0.6) is 0 Å². The lowest BCUT2D eigenvalue weighted by molar-refractivity contribution is 0.579. The van der Waals surface area contributed by atoms with Gasteiger partial charge in [0, 0.05) is 26.9 Å². The Hall–Kier alpha value is -0.0500. The number of nitrogens with zero attached hydrogens (tertiary/aromatic N) is 1. The van der Waals surface area contributed by atoms with Gasteiger partial charge in [0.25, 0.3) is 0 Å². The van der Waals surface area contributed by atoms with Gasteiger partial charge in [0.1, 0.15) is 0 Å². The molecule has 0 heterocycles. The molecule has 0 atom stereocenters. The highest BCUT2D eigenvalue weighted by molar-refractivity contribution is 14.0. The highest BCUT2D eigenvalue weighted by Gasteiger charge is 2.51. The molecule has 0 aromatic carbocycles. The van der Waals surface area contributed by atoms with Gasteiger partial charge in [-0.3, -0.25) is 4.99 Å². The molecule has 0 aromatic rings. The standard InChI is InChI=1S/C8H17N3O2S.HI/c1-9-7(10-2)11-6-8(4-5-8)14(3,12)13;/h4-6H2,1-3H3,(H2,9,10,11);1H. The molecule has 0 unspecified atom stereocenters. The smallest absolute Gasteiger partial charge is 0.190 e. The minimum atomic E-state index is -2.95. The van der Waals surface area contributed by atoms with E-state index < -0.39 is 14.6 Å². The number of halogens is 1. The first-order valence-electron chi connectivity index (χ1n) is 4.53. The minimum absolute atomic E-state index is 0. The average molecular weight is 347 g/mol. The van der Waals surface area contributed by atoms with E-state index in [1.807, 2.05) is 0 Å². The fraction of sp³-hybridized carbons (Fsp3) is 0.875. The van der Waals surface area contributed by atoms with Gasteiger partial charge in [-0.15, -0.1) is 24.0 Å². The first kappa shape index (κ1) is 14.9. The molecule has 0 radical (unpaired) electrons. The van der Waals surface area contributed by atoms with E-state index in [9.17, 15) is 8.42 Å². The normalized spacial score (nSPS) is 19.0. The highest BCUT2D eigenvalue weighted by atomic mass is 127. The van der Waals surface area contributed by atoms with E-state index in [2.05, 4.69) is 15.6 Å². The average Bonchev–Trinajstić information content (AvgIpc) is 2.86. The van der Waals surface area contributed by atoms with Gasteiger partial charge in [-0.05, 0) is 12.8 Å². The monoisotopic (exact) mass is 347 g/mol. The molecule has 0 spiro atoms. The van der Waals surface area contributed by atoms with Gasteiger partial charge in [-0.25, -0.2) is 8.42 Å². The number of sulfone groups is 1. The molecule has 0 aliphatic heterocycles. The maximum atomic E-state index is 11.4. The Labute approximate surface area is 108 Å². The van der Waals surface area contributed by atoms with E-state index in [0.29, 0.717) is 12.5 Å². The van der Waals surface area contributed by atoms with Gasteiger partial charge >= 0.3 is 0 Å². The predicted molar refractivity (Wildman–Crippen MR) is 72.6 cm³/mol. The van der Waals surface area contributed by atoms with Crippen LogP contribution in [0.15, 0.2) is 4.99 Å². The predicted octanol–water partition coefficient (Wildman–Crippen LogP) is -0.0236. The van der Waals surface area contributed by atoms with Crippen molar-refractivity contribution in [3.8, 4) is 0 Å². The third kappa shape index (κ3) is 3.47. The lowest BCUT2D eigenvalue weighted by Crippen LogP contribution is -2.42. The zero-order valence-electron chi connectivity index (χ0n) is 9.20. The van der Waals surface area contributed by atoms with Crippen molar-refractivity contribution in [1.82, 2.24) is 10.6 Å². The van der Waals surface area contributed by atoms with E-state index in [1.54, 1.807) is 14.1 Å². The van der Waals surface area contributed by atoms with E-state index in [1.165, 1.54) is 6.26 Å². The molecule has 0 saturated heterocycles. The van der Waals surface area contributed by atoms with Crippen molar-refractivity contribution in [1.29, 1.82) is 0 Å². The summed E-state index contributed by atoms with van der Waals surface area (Å²) >= 11 is 0. The molecule has 90 valence electrons. The molecular weight excluding hydrogens is 329 g/mol. The fourth-order valence-electron chi connectivity index (χ4n) is 1.34. The van der Waals surface area contributed by atoms with Gasteiger partial charge < -0.3 is 10.6 Å². The van der Waals surface area contributed by atoms with Crippen molar-refractivity contribution in [3.05, 3.63) is 0 Å². The number of hydrogen-bond donors (Lipinski definition) is 2. The van der Waals surface area contributed by atoms with Crippen molar-refractivity contribution in [2.75, 3.05) is 26.9 Å². The Balaban J connectivity index is 0.00000196. The molecule has 0 amide bonds. The first-order chi connectivity index (χ1) is 6.45. The van der Waals surface area contributed by atoms with Crippen LogP contribution in [0, 0.1) is 0 Å². The Morgan fingerprint density at radius 3 is 2.27 bits per heavy atom. The van der Waals surface area contributed by atoms with Crippen LogP contribution < -0.4 is 10.6 Å². The summed E-state index contributed by atoms with van der Waals surface area (Å²) in [6.45, 7) is 0.444. The summed E-state index contributed by atoms with van der Waals surface area (Å²) < 4.78 is 22.3. The van der Waals surface area contributed by atoms with Crippen LogP contribution in [0.25, 0.3) is 0 Å². The quantitative estimate of drug-likeness (QED) is 0.428. The third-order valence-electron chi connectivity index (χ3n) is 2.63. The van der Waals surface area contributed by atoms with Crippen molar-refractivity contribution in [2.24, 2.45) is 4.99 Å². The number of nitrogens with one attached hydrogen (secondary N) is 2. The Kier molecular flexibility index (Phi) is 5.31. The third-order valence-corrected chi connectivity index (χ3v) is 4.76. The molecule has 1 aliphatic carbocycles. The molecule has 1 saturated carbocycles. The Bertz CT molecular complexity index is 336. The number of hydrogen-bond acceptors (Lipinski definition) is 3. The SMILES string of the molecule is CN=C(NC)NCC1(S(C)(=O)=O)CC1.I. The van der Waals surface area contributed by atoms with Gasteiger partial charge in [0.05, 0.1) is 4.75 Å². The summed E-state index contributed by atoms with van der Waals surface area (Å²) in [6.07, 6.45) is 2.79. The maximum Gasteiger partial charge on any atom is 0.190 e. The second kappa shape index (κ2) is 5.33. The Morgan fingerprint density at radius 1 is 1.47 bits per heavy atom. The van der Waals surface area contributed by atoms with Crippen LogP contribution >= 0.6 is 24.0 Å². The first-order valence-corrected chi connectivity index (χ1v) is 6.42. The van der Waals surface area contributed by atoms with E-state index >= 15 is 0 Å². The van der Waals surface area contributed by atoms with Crippen molar-refractivity contribution < 1.29 is 8.42 Å². The maximum absolute atomic E-state index is 11.4. The summed E-state index contributed by atoms with van der Waals surface area (Å²) in [4.78, 5) is 3.92. The lowest BCUT2D eigenvalue weighted by Gasteiger charge is -2.15. The Morgan fingerprint density at radius 2 is 2.00 bits per heavy atom. The van der Waals surface area contributed by atoms with Crippen LogP contribution in [0.2, 0.25) is 0 Å². The molecule has 1 fully saturated rings. The summed E-state index contributed by atoms with van der Waals surface area (Å²) in [5.41, 5.74) is 0. The molecule has 0 bridgehead atoms. The largest absolute Gasteiger partial charge is 0.359 e. The molecular formula is C8H18IN3O2S. The minimum Gasteiger partial charge on any atom is -0.359 e. The summed E-state index contributed by atoms with van der Waals surface area (Å²) in [5, 5.41) is 5.84. The fourth-order valence-corrected chi connectivity index (χ4v) is 2.52. The molecule has 15 heavy (non-hydrogen) atoms. The number of rotatable bonds is 3. The zero-order chi connectivity index (χ0) is 10.8. The van der Waals surface area contributed by atoms with E-state index in [0.717, 1.165) is 12.8 Å². The highest BCUT2D eigenvalue weighted by Crippen LogP contribution is 2.42. The van der Waals surface area contributed by atoms with Gasteiger partial charge in [-0.2, -0.15) is 0 Å². The second-order valence-electron chi connectivity index (χ2n) is 3.63. The van der Waals surface area contributed by atoms with Crippen molar-refractivity contribution in [2.45, 2.75) is 17.6 Å². The van der Waals surface area contributed by atoms with Gasteiger partial charge in [-0.1, -0.05) is 0 Å².